The Kier molecular flexibility index (Phi) is 6.16. The highest BCUT2D eigenvalue weighted by atomic mass is 16.3. The first-order chi connectivity index (χ1) is 9.11. The van der Waals surface area contributed by atoms with Gasteiger partial charge in [-0.1, -0.05) is 48.6 Å². The Labute approximate surface area is 115 Å². The molecular weight excluding hydrogens is 236 g/mol. The fourth-order valence-corrected chi connectivity index (χ4v) is 2.01. The Morgan fingerprint density at radius 2 is 1.63 bits per heavy atom. The lowest BCUT2D eigenvalue weighted by Gasteiger charge is -2.26. The van der Waals surface area contributed by atoms with Crippen LogP contribution < -0.4 is 0 Å². The molecule has 1 fully saturated rings. The van der Waals surface area contributed by atoms with Crippen molar-refractivity contribution in [3.8, 4) is 24.7 Å². The molecule has 0 bridgehead atoms. The zero-order chi connectivity index (χ0) is 14.1. The van der Waals surface area contributed by atoms with Gasteiger partial charge in [0, 0.05) is 0 Å². The molecule has 2 heteroatoms. The molecule has 0 heterocycles. The van der Waals surface area contributed by atoms with E-state index in [1.165, 1.54) is 6.42 Å². The molecule has 0 aliphatic heterocycles. The van der Waals surface area contributed by atoms with E-state index in [0.29, 0.717) is 0 Å². The highest BCUT2D eigenvalue weighted by molar-refractivity contribution is 5.22. The van der Waals surface area contributed by atoms with Gasteiger partial charge in [0.15, 0.2) is 0 Å². The van der Waals surface area contributed by atoms with Crippen LogP contribution in [-0.2, 0) is 0 Å². The van der Waals surface area contributed by atoms with Gasteiger partial charge >= 0.3 is 0 Å². The van der Waals surface area contributed by atoms with Gasteiger partial charge in [-0.25, -0.2) is 0 Å². The minimum absolute atomic E-state index is 0.752. The van der Waals surface area contributed by atoms with Crippen molar-refractivity contribution >= 4 is 0 Å². The Morgan fingerprint density at radius 1 is 1.05 bits per heavy atom. The van der Waals surface area contributed by atoms with Crippen LogP contribution in [0.1, 0.15) is 43.8 Å². The van der Waals surface area contributed by atoms with Crippen LogP contribution in [0.25, 0.3) is 0 Å². The van der Waals surface area contributed by atoms with Crippen molar-refractivity contribution < 1.29 is 10.2 Å². The van der Waals surface area contributed by atoms with Crippen LogP contribution in [0.5, 0.6) is 0 Å². The maximum absolute atomic E-state index is 9.44. The molecule has 1 aromatic carbocycles. The largest absolute Gasteiger partial charge is 0.378 e. The topological polar surface area (TPSA) is 40.5 Å². The number of benzene rings is 1. The summed E-state index contributed by atoms with van der Waals surface area (Å²) in [5.41, 5.74) is 0.0168. The van der Waals surface area contributed by atoms with Gasteiger partial charge in [0.1, 0.15) is 11.7 Å². The number of hydrogen-bond acceptors (Lipinski definition) is 2. The van der Waals surface area contributed by atoms with Gasteiger partial charge in [-0.3, -0.25) is 0 Å². The maximum atomic E-state index is 9.44. The average molecular weight is 256 g/mol. The zero-order valence-corrected chi connectivity index (χ0v) is 11.0. The van der Waals surface area contributed by atoms with Crippen LogP contribution in [0.2, 0.25) is 0 Å². The van der Waals surface area contributed by atoms with Crippen LogP contribution in [0.3, 0.4) is 0 Å². The molecule has 100 valence electrons. The molecule has 0 saturated heterocycles. The second-order valence-electron chi connectivity index (χ2n) is 4.72. The normalized spacial score (nSPS) is 18.1. The van der Waals surface area contributed by atoms with E-state index in [4.69, 9.17) is 18.0 Å². The van der Waals surface area contributed by atoms with Crippen LogP contribution >= 0.6 is 0 Å². The number of aliphatic hydroxyl groups is 2. The van der Waals surface area contributed by atoms with Crippen LogP contribution in [0.15, 0.2) is 30.3 Å². The molecule has 2 N–H and O–H groups in total. The quantitative estimate of drug-likeness (QED) is 0.758. The Balaban J connectivity index is 0.000000191. The van der Waals surface area contributed by atoms with E-state index in [9.17, 15) is 5.11 Å². The van der Waals surface area contributed by atoms with Crippen LogP contribution in [0, 0.1) is 24.7 Å². The molecule has 2 nitrogen and oxygen atoms in total. The molecule has 1 unspecified atom stereocenters. The monoisotopic (exact) mass is 256 g/mol. The van der Waals surface area contributed by atoms with E-state index < -0.39 is 11.7 Å². The first-order valence-corrected chi connectivity index (χ1v) is 6.50. The molecule has 1 saturated carbocycles. The first-order valence-electron chi connectivity index (χ1n) is 6.50. The van der Waals surface area contributed by atoms with Crippen molar-refractivity contribution in [3.63, 3.8) is 0 Å². The molecule has 1 atom stereocenters. The maximum Gasteiger partial charge on any atom is 0.139 e. The minimum Gasteiger partial charge on any atom is -0.378 e. The van der Waals surface area contributed by atoms with E-state index in [0.717, 1.165) is 31.2 Å². The highest BCUT2D eigenvalue weighted by Gasteiger charge is 2.25. The second kappa shape index (κ2) is 7.64. The van der Waals surface area contributed by atoms with E-state index in [2.05, 4.69) is 11.8 Å². The fraction of sp³-hybridized carbons (Fsp3) is 0.412. The van der Waals surface area contributed by atoms with Crippen molar-refractivity contribution in [1.82, 2.24) is 0 Å². The summed E-state index contributed by atoms with van der Waals surface area (Å²) < 4.78 is 0. The van der Waals surface area contributed by atoms with Crippen molar-refractivity contribution in [2.75, 3.05) is 0 Å². The van der Waals surface area contributed by atoms with Gasteiger partial charge in [0.05, 0.1) is 0 Å². The van der Waals surface area contributed by atoms with Gasteiger partial charge in [-0.15, -0.1) is 12.8 Å². The van der Waals surface area contributed by atoms with E-state index in [1.54, 1.807) is 12.1 Å². The second-order valence-corrected chi connectivity index (χ2v) is 4.72. The predicted octanol–water partition coefficient (Wildman–Crippen LogP) is 2.67. The van der Waals surface area contributed by atoms with Crippen LogP contribution in [-0.4, -0.2) is 15.8 Å². The molecule has 19 heavy (non-hydrogen) atoms. The summed E-state index contributed by atoms with van der Waals surface area (Å²) in [4.78, 5) is 0. The van der Waals surface area contributed by atoms with E-state index >= 15 is 0 Å². The highest BCUT2D eigenvalue weighted by Crippen LogP contribution is 2.26. The number of terminal acetylenes is 2. The predicted molar refractivity (Wildman–Crippen MR) is 77.1 cm³/mol. The molecule has 0 spiro atoms. The summed E-state index contributed by atoms with van der Waals surface area (Å²) in [6, 6.07) is 9.16. The first kappa shape index (κ1) is 15.3. The molecule has 1 aliphatic carbocycles. The van der Waals surface area contributed by atoms with Crippen molar-refractivity contribution in [3.05, 3.63) is 35.9 Å². The molecule has 0 radical (unpaired) electrons. The summed E-state index contributed by atoms with van der Waals surface area (Å²) in [5.74, 6) is 4.67. The van der Waals surface area contributed by atoms with E-state index in [-0.39, 0.29) is 0 Å². The summed E-state index contributed by atoms with van der Waals surface area (Å²) in [6.45, 7) is 0. The van der Waals surface area contributed by atoms with Gasteiger partial charge < -0.3 is 10.2 Å². The van der Waals surface area contributed by atoms with Crippen molar-refractivity contribution in [2.24, 2.45) is 0 Å². The Morgan fingerprint density at radius 3 is 2.05 bits per heavy atom. The summed E-state index contributed by atoms with van der Waals surface area (Å²) in [7, 11) is 0. The number of rotatable bonds is 1. The molecular formula is C17H20O2. The smallest absolute Gasteiger partial charge is 0.139 e. The number of hydrogen-bond donors (Lipinski definition) is 2. The standard InChI is InChI=1S/C9H8O.C8H12O/c1-2-9(10)8-6-4-3-5-7-8;1-2-8(9)6-4-3-5-7-8/h1,3-7,9-10H;1,9H,3-7H2. The molecule has 2 rings (SSSR count). The summed E-state index contributed by atoms with van der Waals surface area (Å²) in [5, 5.41) is 18.5. The molecule has 0 amide bonds. The van der Waals surface area contributed by atoms with Crippen LogP contribution in [0.4, 0.5) is 0 Å². The van der Waals surface area contributed by atoms with E-state index in [1.807, 2.05) is 18.2 Å². The molecule has 1 aliphatic rings. The van der Waals surface area contributed by atoms with Gasteiger partial charge in [-0.2, -0.15) is 0 Å². The van der Waals surface area contributed by atoms with Gasteiger partial charge in [-0.05, 0) is 31.2 Å². The third kappa shape index (κ3) is 5.18. The fourth-order valence-electron chi connectivity index (χ4n) is 2.01. The van der Waals surface area contributed by atoms with Crippen molar-refractivity contribution in [2.45, 2.75) is 43.8 Å². The summed E-state index contributed by atoms with van der Waals surface area (Å²) in [6.07, 6.45) is 14.4. The zero-order valence-electron chi connectivity index (χ0n) is 11.0. The lowest BCUT2D eigenvalue weighted by atomic mass is 9.86. The van der Waals surface area contributed by atoms with Crippen molar-refractivity contribution in [1.29, 1.82) is 0 Å². The molecule has 1 aromatic rings. The Hall–Kier alpha value is -1.74. The summed E-state index contributed by atoms with van der Waals surface area (Å²) >= 11 is 0. The SMILES string of the molecule is C#CC(O)c1ccccc1.C#CC1(O)CCCCC1. The third-order valence-corrected chi connectivity index (χ3v) is 3.22. The lowest BCUT2D eigenvalue weighted by molar-refractivity contribution is 0.0612. The van der Waals surface area contributed by atoms with Gasteiger partial charge in [0.25, 0.3) is 0 Å². The minimum atomic E-state index is -0.763. The third-order valence-electron chi connectivity index (χ3n) is 3.22. The molecule has 0 aromatic heterocycles. The lowest BCUT2D eigenvalue weighted by Crippen LogP contribution is -2.28. The Bertz CT molecular complexity index is 444. The average Bonchev–Trinajstić information content (AvgIpc) is 2.49. The van der Waals surface area contributed by atoms with Gasteiger partial charge in [0.2, 0.25) is 0 Å². The number of aliphatic hydroxyl groups excluding tert-OH is 1.